The number of hydrogen-bond acceptors (Lipinski definition) is 3. The Kier molecular flexibility index (Phi) is 7.97. The van der Waals surface area contributed by atoms with Gasteiger partial charge in [-0.1, -0.05) is 27.7 Å². The van der Waals surface area contributed by atoms with Crippen LogP contribution in [0.2, 0.25) is 0 Å². The highest BCUT2D eigenvalue weighted by atomic mass is 15.4. The lowest BCUT2D eigenvalue weighted by molar-refractivity contribution is 0.0818. The average molecular weight is 294 g/mol. The minimum Gasteiger partial charge on any atom is -0.306 e. The molecule has 0 aliphatic carbocycles. The van der Waals surface area contributed by atoms with Gasteiger partial charge in [0.25, 0.3) is 0 Å². The second-order valence-electron chi connectivity index (χ2n) is 5.79. The van der Waals surface area contributed by atoms with Crippen LogP contribution in [0.25, 0.3) is 0 Å². The summed E-state index contributed by atoms with van der Waals surface area (Å²) >= 11 is 0. The smallest absolute Gasteiger partial charge is 0.0772 e. The number of aromatic nitrogens is 2. The van der Waals surface area contributed by atoms with Gasteiger partial charge in [0.1, 0.15) is 0 Å². The Morgan fingerprint density at radius 2 is 1.81 bits per heavy atom. The molecule has 122 valence electrons. The van der Waals surface area contributed by atoms with E-state index in [1.54, 1.807) is 0 Å². The van der Waals surface area contributed by atoms with Gasteiger partial charge in [0.2, 0.25) is 0 Å². The molecule has 21 heavy (non-hydrogen) atoms. The number of hydrogen-bond donors (Lipinski definition) is 0. The van der Waals surface area contributed by atoms with Crippen LogP contribution in [0, 0.1) is 12.8 Å². The molecule has 2 aliphatic heterocycles. The molecule has 0 N–H and O–H groups in total. The van der Waals surface area contributed by atoms with Crippen LogP contribution in [0.4, 0.5) is 0 Å². The molecule has 4 heteroatoms. The molecular formula is C17H34N4. The second kappa shape index (κ2) is 9.21. The van der Waals surface area contributed by atoms with Crippen molar-refractivity contribution in [1.29, 1.82) is 0 Å². The standard InChI is InChI=1S/C13H22N4.2C2H6/c1-11-5-14-17(6-11)13-9-16(10-13)8-12-3-4-15(2)7-12;2*1-2/h5-6,12-13H,3-4,7-10H2,1-2H3;2*1-2H3. The molecule has 4 nitrogen and oxygen atoms in total. The summed E-state index contributed by atoms with van der Waals surface area (Å²) in [5.41, 5.74) is 1.26. The summed E-state index contributed by atoms with van der Waals surface area (Å²) in [6, 6.07) is 0.614. The minimum atomic E-state index is 0.614. The SMILES string of the molecule is CC.CC.Cc1cnn(C2CN(CC3CCN(C)C3)C2)c1. The van der Waals surface area contributed by atoms with Crippen LogP contribution in [0.5, 0.6) is 0 Å². The highest BCUT2D eigenvalue weighted by Gasteiger charge is 2.31. The van der Waals surface area contributed by atoms with Crippen molar-refractivity contribution in [3.63, 3.8) is 0 Å². The lowest BCUT2D eigenvalue weighted by atomic mass is 10.0. The summed E-state index contributed by atoms with van der Waals surface area (Å²) in [5, 5.41) is 4.40. The van der Waals surface area contributed by atoms with E-state index in [-0.39, 0.29) is 0 Å². The van der Waals surface area contributed by atoms with Gasteiger partial charge < -0.3 is 4.90 Å². The second-order valence-corrected chi connectivity index (χ2v) is 5.79. The van der Waals surface area contributed by atoms with Crippen LogP contribution in [0.3, 0.4) is 0 Å². The molecule has 0 radical (unpaired) electrons. The van der Waals surface area contributed by atoms with E-state index in [9.17, 15) is 0 Å². The predicted octanol–water partition coefficient (Wildman–Crippen LogP) is 3.05. The maximum atomic E-state index is 4.40. The van der Waals surface area contributed by atoms with Crippen LogP contribution >= 0.6 is 0 Å². The molecule has 3 heterocycles. The Bertz CT molecular complexity index is 382. The van der Waals surface area contributed by atoms with Crippen LogP contribution in [-0.2, 0) is 0 Å². The van der Waals surface area contributed by atoms with E-state index in [1.807, 2.05) is 33.9 Å². The summed E-state index contributed by atoms with van der Waals surface area (Å²) < 4.78 is 2.13. The Morgan fingerprint density at radius 1 is 1.14 bits per heavy atom. The fourth-order valence-corrected chi connectivity index (χ4v) is 3.03. The Balaban J connectivity index is 0.000000510. The van der Waals surface area contributed by atoms with Crippen molar-refractivity contribution in [2.24, 2.45) is 5.92 Å². The average Bonchev–Trinajstić information content (AvgIpc) is 3.07. The Labute approximate surface area is 131 Å². The summed E-state index contributed by atoms with van der Waals surface area (Å²) in [6.07, 6.45) is 5.48. The zero-order valence-electron chi connectivity index (χ0n) is 14.8. The molecule has 3 rings (SSSR count). The normalized spacial score (nSPS) is 22.9. The van der Waals surface area contributed by atoms with Gasteiger partial charge >= 0.3 is 0 Å². The monoisotopic (exact) mass is 294 g/mol. The zero-order valence-corrected chi connectivity index (χ0v) is 14.8. The van der Waals surface area contributed by atoms with Gasteiger partial charge in [0, 0.05) is 32.4 Å². The first-order valence-corrected chi connectivity index (χ1v) is 8.62. The predicted molar refractivity (Wildman–Crippen MR) is 90.7 cm³/mol. The Morgan fingerprint density at radius 3 is 2.29 bits per heavy atom. The summed E-state index contributed by atoms with van der Waals surface area (Å²) in [5.74, 6) is 0.889. The molecule has 1 aromatic heterocycles. The van der Waals surface area contributed by atoms with Gasteiger partial charge in [0.05, 0.1) is 12.2 Å². The van der Waals surface area contributed by atoms with Crippen molar-refractivity contribution >= 4 is 0 Å². The number of aryl methyl sites for hydroxylation is 1. The van der Waals surface area contributed by atoms with E-state index < -0.39 is 0 Å². The first-order chi connectivity index (χ1) is 10.2. The van der Waals surface area contributed by atoms with Crippen molar-refractivity contribution in [3.8, 4) is 0 Å². The lowest BCUT2D eigenvalue weighted by Gasteiger charge is -2.40. The lowest BCUT2D eigenvalue weighted by Crippen LogP contribution is -2.49. The van der Waals surface area contributed by atoms with Gasteiger partial charge in [-0.2, -0.15) is 5.10 Å². The first kappa shape index (κ1) is 18.2. The topological polar surface area (TPSA) is 24.3 Å². The molecule has 0 bridgehead atoms. The van der Waals surface area contributed by atoms with Gasteiger partial charge in [0.15, 0.2) is 0 Å². The summed E-state index contributed by atoms with van der Waals surface area (Å²) in [6.45, 7) is 16.3. The molecule has 0 aromatic carbocycles. The van der Waals surface area contributed by atoms with E-state index >= 15 is 0 Å². The van der Waals surface area contributed by atoms with Crippen LogP contribution in [-0.4, -0.2) is 59.4 Å². The van der Waals surface area contributed by atoms with Gasteiger partial charge in [-0.15, -0.1) is 0 Å². The molecule has 1 unspecified atom stereocenters. The third-order valence-electron chi connectivity index (χ3n) is 4.05. The molecule has 0 amide bonds. The van der Waals surface area contributed by atoms with Crippen LogP contribution in [0.1, 0.15) is 45.7 Å². The van der Waals surface area contributed by atoms with E-state index in [4.69, 9.17) is 0 Å². The minimum absolute atomic E-state index is 0.614. The van der Waals surface area contributed by atoms with Gasteiger partial charge in [-0.3, -0.25) is 9.58 Å². The zero-order chi connectivity index (χ0) is 15.8. The molecule has 0 spiro atoms. The quantitative estimate of drug-likeness (QED) is 0.856. The van der Waals surface area contributed by atoms with Crippen molar-refractivity contribution < 1.29 is 0 Å². The molecular weight excluding hydrogens is 260 g/mol. The van der Waals surface area contributed by atoms with E-state index in [2.05, 4.69) is 39.7 Å². The maximum absolute atomic E-state index is 4.40. The fourth-order valence-electron chi connectivity index (χ4n) is 3.03. The fraction of sp³-hybridized carbons (Fsp3) is 0.824. The highest BCUT2D eigenvalue weighted by molar-refractivity contribution is 5.02. The molecule has 2 fully saturated rings. The largest absolute Gasteiger partial charge is 0.306 e. The van der Waals surface area contributed by atoms with Crippen molar-refractivity contribution in [3.05, 3.63) is 18.0 Å². The number of nitrogens with zero attached hydrogens (tertiary/aromatic N) is 4. The Hall–Kier alpha value is -0.870. The van der Waals surface area contributed by atoms with Crippen molar-refractivity contribution in [1.82, 2.24) is 19.6 Å². The molecule has 1 aromatic rings. The maximum Gasteiger partial charge on any atom is 0.0772 e. The third-order valence-corrected chi connectivity index (χ3v) is 4.05. The highest BCUT2D eigenvalue weighted by Crippen LogP contribution is 2.24. The first-order valence-electron chi connectivity index (χ1n) is 8.62. The van der Waals surface area contributed by atoms with Crippen molar-refractivity contribution in [2.45, 2.75) is 47.1 Å². The molecule has 2 aliphatic rings. The third kappa shape index (κ3) is 5.11. The number of rotatable bonds is 3. The van der Waals surface area contributed by atoms with E-state index in [1.165, 1.54) is 44.7 Å². The van der Waals surface area contributed by atoms with Crippen LogP contribution < -0.4 is 0 Å². The van der Waals surface area contributed by atoms with Crippen LogP contribution in [0.15, 0.2) is 12.4 Å². The van der Waals surface area contributed by atoms with Gasteiger partial charge in [-0.25, -0.2) is 0 Å². The van der Waals surface area contributed by atoms with E-state index in [0.717, 1.165) is 5.92 Å². The van der Waals surface area contributed by atoms with E-state index in [0.29, 0.717) is 6.04 Å². The molecule has 0 saturated carbocycles. The summed E-state index contributed by atoms with van der Waals surface area (Å²) in [7, 11) is 2.23. The van der Waals surface area contributed by atoms with Crippen molar-refractivity contribution in [2.75, 3.05) is 39.8 Å². The summed E-state index contributed by atoms with van der Waals surface area (Å²) in [4.78, 5) is 5.02. The molecule has 1 atom stereocenters. The van der Waals surface area contributed by atoms with Gasteiger partial charge in [-0.05, 0) is 38.4 Å². The molecule has 2 saturated heterocycles. The number of likely N-dealkylation sites (tertiary alicyclic amines) is 2.